The van der Waals surface area contributed by atoms with Crippen LogP contribution in [0.4, 0.5) is 4.79 Å². The summed E-state index contributed by atoms with van der Waals surface area (Å²) in [5, 5.41) is 12.8. The van der Waals surface area contributed by atoms with Gasteiger partial charge in [-0.05, 0) is 78.7 Å². The Kier molecular flexibility index (Phi) is 13.6. The smallest absolute Gasteiger partial charge is 0.425 e. The topological polar surface area (TPSA) is 145 Å². The summed E-state index contributed by atoms with van der Waals surface area (Å²) < 4.78 is 36.6. The highest BCUT2D eigenvalue weighted by Crippen LogP contribution is 2.42. The summed E-state index contributed by atoms with van der Waals surface area (Å²) in [4.78, 5) is 44.0. The fourth-order valence-electron chi connectivity index (χ4n) is 8.36. The molecule has 0 spiro atoms. The van der Waals surface area contributed by atoms with E-state index < -0.39 is 71.7 Å². The molecular weight excluding hydrogens is 670 g/mol. The van der Waals surface area contributed by atoms with Crippen molar-refractivity contribution in [2.45, 2.75) is 135 Å². The third-order valence-electron chi connectivity index (χ3n) is 11.3. The number of nitrogens with one attached hydrogen (secondary N) is 1. The van der Waals surface area contributed by atoms with Crippen molar-refractivity contribution in [3.8, 4) is 5.75 Å². The summed E-state index contributed by atoms with van der Waals surface area (Å²) in [5.41, 5.74) is 1.96. The van der Waals surface area contributed by atoms with E-state index in [4.69, 9.17) is 28.4 Å². The Morgan fingerprint density at radius 2 is 1.71 bits per heavy atom. The molecule has 0 unspecified atom stereocenters. The molecule has 0 bridgehead atoms. The molecule has 13 nitrogen and oxygen atoms in total. The second kappa shape index (κ2) is 16.9. The Morgan fingerprint density at radius 3 is 2.29 bits per heavy atom. The van der Waals surface area contributed by atoms with Crippen molar-refractivity contribution in [1.82, 2.24) is 15.3 Å². The van der Waals surface area contributed by atoms with E-state index in [0.29, 0.717) is 24.2 Å². The maximum Gasteiger partial charge on any atom is 0.425 e. The number of methoxy groups -OCH3 is 2. The quantitative estimate of drug-likeness (QED) is 0.341. The predicted octanol–water partition coefficient (Wildman–Crippen LogP) is 4.64. The number of Topliss-reactive ketones (excluding diaryl/α,β-unsaturated/α-hetero) is 1. The lowest BCUT2D eigenvalue weighted by molar-refractivity contribution is -0.294. The molecule has 0 aliphatic carbocycles. The molecule has 13 heteroatoms. The van der Waals surface area contributed by atoms with Crippen LogP contribution in [0.5, 0.6) is 5.75 Å². The number of ketones is 1. The van der Waals surface area contributed by atoms with Gasteiger partial charge in [-0.2, -0.15) is 0 Å². The van der Waals surface area contributed by atoms with E-state index in [-0.39, 0.29) is 30.9 Å². The van der Waals surface area contributed by atoms with Crippen LogP contribution in [0.25, 0.3) is 0 Å². The second-order valence-electron chi connectivity index (χ2n) is 15.5. The van der Waals surface area contributed by atoms with E-state index in [1.807, 2.05) is 77.9 Å². The van der Waals surface area contributed by atoms with Crippen LogP contribution in [-0.2, 0) is 39.8 Å². The number of fused-ring (bicyclic) bond motifs is 1. The number of carbonyl (C=O) groups excluding carboxylic acids is 3. The number of esters is 1. The third-order valence-corrected chi connectivity index (χ3v) is 11.3. The first-order chi connectivity index (χ1) is 24.4. The highest BCUT2D eigenvalue weighted by Gasteiger charge is 2.60. The van der Waals surface area contributed by atoms with E-state index >= 15 is 0 Å². The van der Waals surface area contributed by atoms with Crippen LogP contribution in [0.3, 0.4) is 0 Å². The van der Waals surface area contributed by atoms with Crippen LogP contribution in [0.2, 0.25) is 0 Å². The lowest BCUT2D eigenvalue weighted by Gasteiger charge is -2.46. The molecule has 3 aliphatic heterocycles. The Bertz CT molecular complexity index is 1440. The van der Waals surface area contributed by atoms with Gasteiger partial charge in [0.1, 0.15) is 29.8 Å². The monoisotopic (exact) mass is 731 g/mol. The summed E-state index contributed by atoms with van der Waals surface area (Å²) in [6, 6.07) is 6.37. The van der Waals surface area contributed by atoms with Crippen LogP contribution in [0, 0.1) is 17.8 Å². The molecule has 4 rings (SSSR count). The van der Waals surface area contributed by atoms with Crippen molar-refractivity contribution in [2.24, 2.45) is 17.8 Å². The number of hydrogen-bond donors (Lipinski definition) is 2. The van der Waals surface area contributed by atoms with Gasteiger partial charge in [0.15, 0.2) is 11.9 Å². The van der Waals surface area contributed by atoms with E-state index in [0.717, 1.165) is 5.56 Å². The van der Waals surface area contributed by atoms with Crippen molar-refractivity contribution in [2.75, 3.05) is 28.3 Å². The van der Waals surface area contributed by atoms with E-state index in [1.54, 1.807) is 41.1 Å². The number of rotatable bonds is 9. The standard InChI is InChI=1S/C39H61N3O10/c1-13-30-39(8)33(42(37(46)52-39)40-21-27-14-16-28(47-11)17-15-27)26(6)31(43)24(4)20-38(7,48-12)34(22(2)18-23(3)35(45)50-30)51-36-32(44)29(41(9)10)19-25(5)49-36/h14-18,22,24-26,29-30,32-34,36,40,44H,13,19-21H2,1-12H3/b23-18+/t22-,24+,25+,26-,29-,30+,32+,33+,34+,36-,38-,39+/m0/s1. The third kappa shape index (κ3) is 8.66. The molecule has 0 aromatic heterocycles. The van der Waals surface area contributed by atoms with Crippen LogP contribution in [0.1, 0.15) is 80.2 Å². The van der Waals surface area contributed by atoms with E-state index in [9.17, 15) is 19.5 Å². The van der Waals surface area contributed by atoms with Crippen molar-refractivity contribution >= 4 is 17.8 Å². The number of carbonyl (C=O) groups is 3. The van der Waals surface area contributed by atoms with Gasteiger partial charge in [0, 0.05) is 43.0 Å². The van der Waals surface area contributed by atoms with Crippen LogP contribution in [0.15, 0.2) is 35.9 Å². The number of aliphatic hydroxyl groups is 1. The maximum absolute atomic E-state index is 14.6. The molecule has 1 aromatic carbocycles. The van der Waals surface area contributed by atoms with Gasteiger partial charge < -0.3 is 38.4 Å². The van der Waals surface area contributed by atoms with Crippen LogP contribution in [-0.4, -0.2) is 115 Å². The number of ether oxygens (including phenoxy) is 6. The summed E-state index contributed by atoms with van der Waals surface area (Å²) in [5.74, 6) is -1.78. The zero-order chi connectivity index (χ0) is 38.7. The molecule has 3 heterocycles. The fraction of sp³-hybridized carbons (Fsp3) is 0.718. The van der Waals surface area contributed by atoms with Gasteiger partial charge >= 0.3 is 12.1 Å². The first-order valence-corrected chi connectivity index (χ1v) is 18.4. The summed E-state index contributed by atoms with van der Waals surface area (Å²) in [7, 11) is 6.98. The van der Waals surface area contributed by atoms with E-state index in [1.165, 1.54) is 5.01 Å². The number of benzene rings is 1. The lowest BCUT2D eigenvalue weighted by Crippen LogP contribution is -2.60. The van der Waals surface area contributed by atoms with Crippen molar-refractivity contribution in [3.63, 3.8) is 0 Å². The minimum Gasteiger partial charge on any atom is -0.497 e. The number of cyclic esters (lactones) is 1. The Hall–Kier alpha value is -3.07. The zero-order valence-corrected chi connectivity index (χ0v) is 33.0. The van der Waals surface area contributed by atoms with Crippen LogP contribution < -0.4 is 10.2 Å². The van der Waals surface area contributed by atoms with Crippen molar-refractivity contribution < 1.29 is 47.9 Å². The summed E-state index contributed by atoms with van der Waals surface area (Å²) in [6.45, 7) is 14.9. The minimum absolute atomic E-state index is 0.124. The predicted molar refractivity (Wildman–Crippen MR) is 194 cm³/mol. The largest absolute Gasteiger partial charge is 0.497 e. The average Bonchev–Trinajstić information content (AvgIpc) is 3.37. The lowest BCUT2D eigenvalue weighted by atomic mass is 9.74. The first kappa shape index (κ1) is 41.7. The Morgan fingerprint density at radius 1 is 1.06 bits per heavy atom. The first-order valence-electron chi connectivity index (χ1n) is 18.4. The molecule has 52 heavy (non-hydrogen) atoms. The normalized spacial score (nSPS) is 38.9. The molecule has 1 aromatic rings. The minimum atomic E-state index is -1.37. The molecule has 2 saturated heterocycles. The highest BCUT2D eigenvalue weighted by atomic mass is 16.7. The average molecular weight is 732 g/mol. The maximum atomic E-state index is 14.6. The van der Waals surface area contributed by atoms with Gasteiger partial charge in [0.2, 0.25) is 0 Å². The number of hydrogen-bond acceptors (Lipinski definition) is 12. The van der Waals surface area contributed by atoms with Gasteiger partial charge in [-0.15, -0.1) is 0 Å². The number of aliphatic hydroxyl groups excluding tert-OH is 1. The van der Waals surface area contributed by atoms with Crippen molar-refractivity contribution in [1.29, 1.82) is 0 Å². The number of hydrazine groups is 1. The van der Waals surface area contributed by atoms with Gasteiger partial charge in [-0.1, -0.05) is 45.9 Å². The van der Waals surface area contributed by atoms with Gasteiger partial charge in [-0.3, -0.25) is 4.79 Å². The number of nitrogens with zero attached hydrogens (tertiary/aromatic N) is 2. The SMILES string of the molecule is CC[C@H]1OC(=O)/C(C)=C/[C@H](C)[C@@H](O[C@@H]2O[C@H](C)C[C@H](N(C)C)[C@H]2O)[C@@](C)(OC)C[C@@H](C)C(=O)[C@H](C)[C@H]2N(NCc3ccc(OC)cc3)C(=O)O[C@]12C. The molecule has 0 saturated carbocycles. The molecule has 292 valence electrons. The summed E-state index contributed by atoms with van der Waals surface area (Å²) in [6.07, 6.45) is -1.47. The molecule has 2 N–H and O–H groups in total. The van der Waals surface area contributed by atoms with E-state index in [2.05, 4.69) is 5.43 Å². The molecular formula is C39H61N3O10. The summed E-state index contributed by atoms with van der Waals surface area (Å²) >= 11 is 0. The number of likely N-dealkylation sites (N-methyl/N-ethyl adjacent to an activating group) is 1. The Balaban J connectivity index is 1.75. The van der Waals surface area contributed by atoms with Crippen LogP contribution >= 0.6 is 0 Å². The molecule has 12 atom stereocenters. The van der Waals surface area contributed by atoms with Gasteiger partial charge in [-0.25, -0.2) is 20.0 Å². The fourth-order valence-corrected chi connectivity index (χ4v) is 8.36. The highest BCUT2D eigenvalue weighted by molar-refractivity contribution is 5.88. The molecule has 3 aliphatic rings. The number of amides is 1. The van der Waals surface area contributed by atoms with Gasteiger partial charge in [0.25, 0.3) is 0 Å². The van der Waals surface area contributed by atoms with Gasteiger partial charge in [0.05, 0.1) is 24.9 Å². The molecule has 1 amide bonds. The Labute approximate surface area is 309 Å². The molecule has 2 fully saturated rings. The zero-order valence-electron chi connectivity index (χ0n) is 33.0. The molecule has 0 radical (unpaired) electrons. The van der Waals surface area contributed by atoms with Crippen molar-refractivity contribution in [3.05, 3.63) is 41.5 Å². The second-order valence-corrected chi connectivity index (χ2v) is 15.5.